The van der Waals surface area contributed by atoms with Crippen LogP contribution < -0.4 is 10.9 Å². The molecule has 1 aliphatic rings. The first-order valence-electron chi connectivity index (χ1n) is 4.29. The van der Waals surface area contributed by atoms with Crippen molar-refractivity contribution in [1.82, 2.24) is 10.9 Å². The number of benzene rings is 1. The van der Waals surface area contributed by atoms with E-state index in [1.807, 2.05) is 0 Å². The molecule has 2 rings (SSSR count). The minimum atomic E-state index is -1.07. The molecule has 3 N–H and O–H groups in total. The molecule has 0 radical (unpaired) electrons. The highest BCUT2D eigenvalue weighted by Crippen LogP contribution is 2.19. The van der Waals surface area contributed by atoms with Gasteiger partial charge in [0.2, 0.25) is 0 Å². The number of amides is 1. The number of aliphatic carboxylic acids is 1. The molecule has 1 amide bonds. The minimum Gasteiger partial charge on any atom is -0.478 e. The second kappa shape index (κ2) is 3.45. The van der Waals surface area contributed by atoms with Gasteiger partial charge in [-0.05, 0) is 6.07 Å². The summed E-state index contributed by atoms with van der Waals surface area (Å²) >= 11 is 0. The van der Waals surface area contributed by atoms with E-state index in [2.05, 4.69) is 10.9 Å². The average Bonchev–Trinajstić information content (AvgIpc) is 2.22. The smallest absolute Gasteiger partial charge is 0.330 e. The molecule has 15 heavy (non-hydrogen) atoms. The van der Waals surface area contributed by atoms with Crippen LogP contribution >= 0.6 is 0 Å². The number of rotatable bonds is 1. The van der Waals surface area contributed by atoms with E-state index in [4.69, 9.17) is 5.11 Å². The van der Waals surface area contributed by atoms with E-state index in [0.29, 0.717) is 16.8 Å². The van der Waals surface area contributed by atoms with Crippen molar-refractivity contribution in [2.75, 3.05) is 0 Å². The van der Waals surface area contributed by atoms with Gasteiger partial charge in [0.1, 0.15) is 0 Å². The lowest BCUT2D eigenvalue weighted by Crippen LogP contribution is -2.41. The Morgan fingerprint density at radius 2 is 1.87 bits per heavy atom. The van der Waals surface area contributed by atoms with E-state index >= 15 is 0 Å². The van der Waals surface area contributed by atoms with Gasteiger partial charge in [-0.3, -0.25) is 15.6 Å². The second-order valence-electron chi connectivity index (χ2n) is 3.02. The van der Waals surface area contributed by atoms with Crippen molar-refractivity contribution in [3.63, 3.8) is 0 Å². The number of hydrogen-bond donors (Lipinski definition) is 3. The third-order valence-corrected chi connectivity index (χ3v) is 2.04. The number of carbonyl (C=O) groups excluding carboxylic acids is 1. The molecule has 5 heteroatoms. The first kappa shape index (κ1) is 9.26. The summed E-state index contributed by atoms with van der Waals surface area (Å²) < 4.78 is 0. The zero-order valence-electron chi connectivity index (χ0n) is 7.65. The van der Waals surface area contributed by atoms with Gasteiger partial charge in [-0.1, -0.05) is 18.2 Å². The standard InChI is InChI=1S/C10H8N2O3/c13-9(14)5-8-6-3-1-2-4-7(6)10(15)12-11-8/h1-5,11H,(H,12,15)(H,13,14). The summed E-state index contributed by atoms with van der Waals surface area (Å²) in [6.07, 6.45) is 1.01. The third kappa shape index (κ3) is 1.67. The van der Waals surface area contributed by atoms with E-state index in [-0.39, 0.29) is 5.91 Å². The van der Waals surface area contributed by atoms with Gasteiger partial charge in [0.05, 0.1) is 11.3 Å². The predicted molar refractivity (Wildman–Crippen MR) is 52.7 cm³/mol. The molecule has 1 aliphatic heterocycles. The van der Waals surface area contributed by atoms with Crippen LogP contribution in [0.25, 0.3) is 5.70 Å². The highest BCUT2D eigenvalue weighted by molar-refractivity contribution is 6.03. The SMILES string of the molecule is O=C(O)C=C1NNC(=O)c2ccccc21. The Balaban J connectivity index is 2.54. The molecule has 1 heterocycles. The summed E-state index contributed by atoms with van der Waals surface area (Å²) in [5.41, 5.74) is 6.33. The Bertz CT molecular complexity index is 465. The maximum atomic E-state index is 11.4. The van der Waals surface area contributed by atoms with Gasteiger partial charge < -0.3 is 5.11 Å². The summed E-state index contributed by atoms with van der Waals surface area (Å²) in [6.45, 7) is 0. The highest BCUT2D eigenvalue weighted by Gasteiger charge is 2.19. The van der Waals surface area contributed by atoms with E-state index in [9.17, 15) is 9.59 Å². The van der Waals surface area contributed by atoms with Crippen LogP contribution in [0.3, 0.4) is 0 Å². The normalized spacial score (nSPS) is 16.5. The number of fused-ring (bicyclic) bond motifs is 1. The topological polar surface area (TPSA) is 78.4 Å². The van der Waals surface area contributed by atoms with Gasteiger partial charge in [-0.2, -0.15) is 0 Å². The lowest BCUT2D eigenvalue weighted by molar-refractivity contribution is -0.131. The molecule has 0 aromatic heterocycles. The van der Waals surface area contributed by atoms with E-state index < -0.39 is 5.97 Å². The van der Waals surface area contributed by atoms with Crippen molar-refractivity contribution < 1.29 is 14.7 Å². The maximum absolute atomic E-state index is 11.4. The molecular weight excluding hydrogens is 196 g/mol. The fourth-order valence-corrected chi connectivity index (χ4v) is 1.41. The summed E-state index contributed by atoms with van der Waals surface area (Å²) in [7, 11) is 0. The molecule has 0 saturated carbocycles. The Hall–Kier alpha value is -2.30. The number of carboxylic acids is 1. The Morgan fingerprint density at radius 1 is 1.20 bits per heavy atom. The van der Waals surface area contributed by atoms with Crippen molar-refractivity contribution in [3.8, 4) is 0 Å². The average molecular weight is 204 g/mol. The van der Waals surface area contributed by atoms with E-state index in [1.54, 1.807) is 24.3 Å². The minimum absolute atomic E-state index is 0.270. The van der Waals surface area contributed by atoms with Gasteiger partial charge in [0.25, 0.3) is 5.91 Å². The van der Waals surface area contributed by atoms with Crippen LogP contribution in [0.5, 0.6) is 0 Å². The van der Waals surface area contributed by atoms with Crippen molar-refractivity contribution in [2.24, 2.45) is 0 Å². The first-order valence-corrected chi connectivity index (χ1v) is 4.29. The lowest BCUT2D eigenvalue weighted by atomic mass is 10.0. The molecule has 0 unspecified atom stereocenters. The summed E-state index contributed by atoms with van der Waals surface area (Å²) in [4.78, 5) is 21.9. The van der Waals surface area contributed by atoms with Crippen LogP contribution in [-0.2, 0) is 4.79 Å². The van der Waals surface area contributed by atoms with Crippen molar-refractivity contribution >= 4 is 17.6 Å². The van der Waals surface area contributed by atoms with Gasteiger partial charge >= 0.3 is 5.97 Å². The summed E-state index contributed by atoms with van der Waals surface area (Å²) in [6, 6.07) is 6.80. The Labute approximate surface area is 85.4 Å². The molecule has 0 fully saturated rings. The fourth-order valence-electron chi connectivity index (χ4n) is 1.41. The van der Waals surface area contributed by atoms with Crippen molar-refractivity contribution in [3.05, 3.63) is 41.5 Å². The van der Waals surface area contributed by atoms with Crippen LogP contribution in [0.4, 0.5) is 0 Å². The molecular formula is C10H8N2O3. The van der Waals surface area contributed by atoms with Gasteiger partial charge in [0, 0.05) is 11.6 Å². The van der Waals surface area contributed by atoms with E-state index in [0.717, 1.165) is 6.08 Å². The van der Waals surface area contributed by atoms with Crippen molar-refractivity contribution in [1.29, 1.82) is 0 Å². The zero-order valence-corrected chi connectivity index (χ0v) is 7.65. The monoisotopic (exact) mass is 204 g/mol. The van der Waals surface area contributed by atoms with Crippen LogP contribution in [0.2, 0.25) is 0 Å². The molecule has 0 spiro atoms. The molecule has 0 atom stereocenters. The second-order valence-corrected chi connectivity index (χ2v) is 3.02. The molecule has 1 aromatic carbocycles. The first-order chi connectivity index (χ1) is 7.18. The number of nitrogens with one attached hydrogen (secondary N) is 2. The Kier molecular flexibility index (Phi) is 2.13. The predicted octanol–water partition coefficient (Wildman–Crippen LogP) is 0.360. The number of carbonyl (C=O) groups is 2. The number of hydrogen-bond acceptors (Lipinski definition) is 3. The summed E-state index contributed by atoms with van der Waals surface area (Å²) in [5, 5.41) is 8.63. The fraction of sp³-hybridized carbons (Fsp3) is 0. The molecule has 1 aromatic rings. The van der Waals surface area contributed by atoms with E-state index in [1.165, 1.54) is 0 Å². The Morgan fingerprint density at radius 3 is 2.53 bits per heavy atom. The molecule has 76 valence electrons. The summed E-state index contributed by atoms with van der Waals surface area (Å²) in [5.74, 6) is -1.34. The molecule has 0 bridgehead atoms. The van der Waals surface area contributed by atoms with Crippen LogP contribution in [0.1, 0.15) is 15.9 Å². The van der Waals surface area contributed by atoms with Crippen LogP contribution in [-0.4, -0.2) is 17.0 Å². The number of carboxylic acid groups (broad SMARTS) is 1. The quantitative estimate of drug-likeness (QED) is 0.577. The van der Waals surface area contributed by atoms with Crippen LogP contribution in [0, 0.1) is 0 Å². The van der Waals surface area contributed by atoms with Gasteiger partial charge in [-0.15, -0.1) is 0 Å². The largest absolute Gasteiger partial charge is 0.478 e. The van der Waals surface area contributed by atoms with Gasteiger partial charge in [0.15, 0.2) is 0 Å². The van der Waals surface area contributed by atoms with Gasteiger partial charge in [-0.25, -0.2) is 4.79 Å². The molecule has 0 saturated heterocycles. The molecule has 0 aliphatic carbocycles. The molecule has 5 nitrogen and oxygen atoms in total. The van der Waals surface area contributed by atoms with Crippen molar-refractivity contribution in [2.45, 2.75) is 0 Å². The van der Waals surface area contributed by atoms with Crippen LogP contribution in [0.15, 0.2) is 30.3 Å². The maximum Gasteiger partial charge on any atom is 0.330 e. The highest BCUT2D eigenvalue weighted by atomic mass is 16.4. The number of hydrazine groups is 1. The zero-order chi connectivity index (χ0) is 10.8. The third-order valence-electron chi connectivity index (χ3n) is 2.04. The lowest BCUT2D eigenvalue weighted by Gasteiger charge is -2.20.